The average molecular weight is 288 g/mol. The fourth-order valence-electron chi connectivity index (χ4n) is 1.83. The summed E-state index contributed by atoms with van der Waals surface area (Å²) in [5.74, 6) is -1.13. The quantitative estimate of drug-likeness (QED) is 0.539. The van der Waals surface area contributed by atoms with Crippen molar-refractivity contribution in [3.8, 4) is 0 Å². The molecule has 0 aromatic rings. The Morgan fingerprint density at radius 1 is 1.32 bits per heavy atom. The first kappa shape index (κ1) is 17.8. The second-order valence-corrected chi connectivity index (χ2v) is 5.16. The minimum Gasteiger partial charge on any atom is -0.465 e. The highest BCUT2D eigenvalue weighted by atomic mass is 32.1. The Morgan fingerprint density at radius 2 is 1.89 bits per heavy atom. The fraction of sp³-hybridized carbons (Fsp3) is 0.769. The molecule has 5 nitrogen and oxygen atoms in total. The van der Waals surface area contributed by atoms with Crippen molar-refractivity contribution in [2.75, 3.05) is 19.7 Å². The van der Waals surface area contributed by atoms with Crippen LogP contribution in [0.3, 0.4) is 0 Å². The van der Waals surface area contributed by atoms with Crippen molar-refractivity contribution in [1.82, 2.24) is 4.90 Å². The first-order valence-corrected chi connectivity index (χ1v) is 6.99. The Bertz CT molecular complexity index is 332. The highest BCUT2D eigenvalue weighted by Crippen LogP contribution is 2.15. The summed E-state index contributed by atoms with van der Waals surface area (Å²) in [6, 6.07) is 0. The van der Waals surface area contributed by atoms with Crippen LogP contribution in [0.5, 0.6) is 0 Å². The van der Waals surface area contributed by atoms with Crippen molar-refractivity contribution in [1.29, 1.82) is 0 Å². The van der Waals surface area contributed by atoms with E-state index in [-0.39, 0.29) is 23.4 Å². The second kappa shape index (κ2) is 8.85. The molecule has 2 N–H and O–H groups in total. The number of carbonyl (C=O) groups excluding carboxylic acids is 2. The molecule has 1 unspecified atom stereocenters. The van der Waals surface area contributed by atoms with Crippen molar-refractivity contribution in [3.63, 3.8) is 0 Å². The lowest BCUT2D eigenvalue weighted by atomic mass is 9.94. The third-order valence-corrected chi connectivity index (χ3v) is 2.92. The molecule has 1 amide bonds. The van der Waals surface area contributed by atoms with E-state index in [1.807, 2.05) is 20.8 Å². The highest BCUT2D eigenvalue weighted by Gasteiger charge is 2.30. The summed E-state index contributed by atoms with van der Waals surface area (Å²) in [4.78, 5) is 25.6. The molecule has 0 spiro atoms. The van der Waals surface area contributed by atoms with E-state index >= 15 is 0 Å². The van der Waals surface area contributed by atoms with Crippen molar-refractivity contribution in [2.24, 2.45) is 17.6 Å². The number of carbonyl (C=O) groups is 2. The van der Waals surface area contributed by atoms with E-state index in [0.29, 0.717) is 13.2 Å². The lowest BCUT2D eigenvalue weighted by Crippen LogP contribution is -2.46. The third kappa shape index (κ3) is 6.00. The molecule has 0 saturated heterocycles. The number of esters is 1. The van der Waals surface area contributed by atoms with Crippen LogP contribution in [0.15, 0.2) is 0 Å². The second-order valence-electron chi connectivity index (χ2n) is 4.69. The van der Waals surface area contributed by atoms with Gasteiger partial charge >= 0.3 is 5.97 Å². The van der Waals surface area contributed by atoms with Gasteiger partial charge in [-0.15, -0.1) is 0 Å². The molecule has 0 bridgehead atoms. The Morgan fingerprint density at radius 3 is 2.26 bits per heavy atom. The van der Waals surface area contributed by atoms with Gasteiger partial charge in [0.05, 0.1) is 17.5 Å². The van der Waals surface area contributed by atoms with Crippen molar-refractivity contribution < 1.29 is 14.3 Å². The van der Waals surface area contributed by atoms with Crippen molar-refractivity contribution >= 4 is 29.1 Å². The summed E-state index contributed by atoms with van der Waals surface area (Å²) in [5, 5.41) is 0. The van der Waals surface area contributed by atoms with Crippen LogP contribution in [0.1, 0.15) is 34.1 Å². The third-order valence-electron chi connectivity index (χ3n) is 2.67. The molecule has 0 heterocycles. The maximum atomic E-state index is 12.4. The normalized spacial score (nSPS) is 12.1. The van der Waals surface area contributed by atoms with E-state index in [1.54, 1.807) is 6.92 Å². The molecule has 0 aromatic heterocycles. The Balaban J connectivity index is 4.89. The molecule has 0 aromatic carbocycles. The van der Waals surface area contributed by atoms with Crippen LogP contribution in [0, 0.1) is 11.8 Å². The van der Waals surface area contributed by atoms with E-state index in [1.165, 1.54) is 4.90 Å². The van der Waals surface area contributed by atoms with Crippen LogP contribution in [-0.4, -0.2) is 41.5 Å². The Kier molecular flexibility index (Phi) is 8.30. The average Bonchev–Trinajstić information content (AvgIpc) is 2.27. The standard InChI is InChI=1S/C13H24N2O3S/c1-5-7-15(8-10(16)18-6-2)13(17)11(9(3)4)12(14)19/h9,11H,5-8H2,1-4H3,(H2,14,19). The molecule has 1 atom stereocenters. The zero-order valence-electron chi connectivity index (χ0n) is 12.1. The monoisotopic (exact) mass is 288 g/mol. The lowest BCUT2D eigenvalue weighted by Gasteiger charge is -2.27. The lowest BCUT2D eigenvalue weighted by molar-refractivity contribution is -0.150. The summed E-state index contributed by atoms with van der Waals surface area (Å²) >= 11 is 4.95. The molecule has 19 heavy (non-hydrogen) atoms. The zero-order valence-corrected chi connectivity index (χ0v) is 13.0. The molecule has 0 saturated carbocycles. The number of ether oxygens (including phenoxy) is 1. The first-order valence-electron chi connectivity index (χ1n) is 6.58. The van der Waals surface area contributed by atoms with Crippen LogP contribution in [0.2, 0.25) is 0 Å². The molecule has 6 heteroatoms. The van der Waals surface area contributed by atoms with Gasteiger partial charge in [-0.05, 0) is 19.3 Å². The van der Waals surface area contributed by atoms with Gasteiger partial charge in [0.15, 0.2) is 0 Å². The molecular formula is C13H24N2O3S. The van der Waals surface area contributed by atoms with Gasteiger partial charge in [0, 0.05) is 6.54 Å². The maximum Gasteiger partial charge on any atom is 0.325 e. The maximum absolute atomic E-state index is 12.4. The van der Waals surface area contributed by atoms with Gasteiger partial charge in [0.2, 0.25) is 5.91 Å². The molecule has 0 radical (unpaired) electrons. The number of nitrogens with zero attached hydrogens (tertiary/aromatic N) is 1. The van der Waals surface area contributed by atoms with Crippen LogP contribution in [0.25, 0.3) is 0 Å². The molecule has 110 valence electrons. The number of hydrogen-bond acceptors (Lipinski definition) is 4. The number of amides is 1. The summed E-state index contributed by atoms with van der Waals surface area (Å²) in [7, 11) is 0. The summed E-state index contributed by atoms with van der Waals surface area (Å²) in [6.07, 6.45) is 0.757. The van der Waals surface area contributed by atoms with Gasteiger partial charge < -0.3 is 15.4 Å². The molecular weight excluding hydrogens is 264 g/mol. The van der Waals surface area contributed by atoms with Crippen molar-refractivity contribution in [3.05, 3.63) is 0 Å². The highest BCUT2D eigenvalue weighted by molar-refractivity contribution is 7.80. The first-order chi connectivity index (χ1) is 8.84. The molecule has 0 aliphatic rings. The zero-order chi connectivity index (χ0) is 15.0. The summed E-state index contributed by atoms with van der Waals surface area (Å²) in [6.45, 7) is 8.19. The van der Waals surface area contributed by atoms with E-state index in [4.69, 9.17) is 22.7 Å². The fourth-order valence-corrected chi connectivity index (χ4v) is 2.20. The molecule has 0 rings (SSSR count). The number of hydrogen-bond donors (Lipinski definition) is 1. The molecule has 0 fully saturated rings. The Labute approximate surface area is 120 Å². The SMILES string of the molecule is CCCN(CC(=O)OCC)C(=O)C(C(N)=S)C(C)C. The number of nitrogens with two attached hydrogens (primary N) is 1. The van der Waals surface area contributed by atoms with E-state index < -0.39 is 11.9 Å². The molecule has 0 aliphatic heterocycles. The van der Waals surface area contributed by atoms with Crippen LogP contribution >= 0.6 is 12.2 Å². The largest absolute Gasteiger partial charge is 0.465 e. The predicted molar refractivity (Wildman–Crippen MR) is 78.6 cm³/mol. The van der Waals surface area contributed by atoms with Gasteiger partial charge in [-0.2, -0.15) is 0 Å². The van der Waals surface area contributed by atoms with E-state index in [2.05, 4.69) is 0 Å². The predicted octanol–water partition coefficient (Wildman–Crippen LogP) is 1.35. The van der Waals surface area contributed by atoms with E-state index in [0.717, 1.165) is 6.42 Å². The minimum atomic E-state index is -0.532. The van der Waals surface area contributed by atoms with Crippen LogP contribution in [-0.2, 0) is 14.3 Å². The smallest absolute Gasteiger partial charge is 0.325 e. The minimum absolute atomic E-state index is 0.00607. The van der Waals surface area contributed by atoms with Gasteiger partial charge in [0.25, 0.3) is 0 Å². The van der Waals surface area contributed by atoms with Gasteiger partial charge in [0.1, 0.15) is 6.54 Å². The van der Waals surface area contributed by atoms with Crippen molar-refractivity contribution in [2.45, 2.75) is 34.1 Å². The number of rotatable bonds is 8. The van der Waals surface area contributed by atoms with Crippen LogP contribution in [0.4, 0.5) is 0 Å². The summed E-state index contributed by atoms with van der Waals surface area (Å²) in [5.41, 5.74) is 5.63. The van der Waals surface area contributed by atoms with E-state index in [9.17, 15) is 9.59 Å². The van der Waals surface area contributed by atoms with Crippen LogP contribution < -0.4 is 5.73 Å². The van der Waals surface area contributed by atoms with Gasteiger partial charge in [-0.1, -0.05) is 33.0 Å². The summed E-state index contributed by atoms with van der Waals surface area (Å²) < 4.78 is 4.87. The van der Waals surface area contributed by atoms with Gasteiger partial charge in [-0.3, -0.25) is 9.59 Å². The topological polar surface area (TPSA) is 72.6 Å². The Hall–Kier alpha value is -1.17. The number of thiocarbonyl (C=S) groups is 1. The van der Waals surface area contributed by atoms with Gasteiger partial charge in [-0.25, -0.2) is 0 Å². The molecule has 0 aliphatic carbocycles.